The lowest BCUT2D eigenvalue weighted by Gasteiger charge is -2.20. The van der Waals surface area contributed by atoms with Crippen LogP contribution in [0, 0.1) is 0 Å². The number of benzene rings is 2. The number of hydrogen-bond acceptors (Lipinski definition) is 5. The van der Waals surface area contributed by atoms with Crippen molar-refractivity contribution in [2.75, 3.05) is 32.7 Å². The fourth-order valence-electron chi connectivity index (χ4n) is 2.60. The van der Waals surface area contributed by atoms with Crippen molar-refractivity contribution >= 4 is 23.6 Å². The molecule has 1 aliphatic heterocycles. The Hall–Kier alpha value is -3.32. The molecule has 7 nitrogen and oxygen atoms in total. The summed E-state index contributed by atoms with van der Waals surface area (Å²) in [5.74, 6) is 0.591. The van der Waals surface area contributed by atoms with Crippen LogP contribution in [-0.4, -0.2) is 39.2 Å². The molecule has 1 aliphatic rings. The fourth-order valence-corrected chi connectivity index (χ4v) is 2.60. The molecule has 3 rings (SSSR count). The second-order valence-electron chi connectivity index (χ2n) is 5.77. The maximum Gasteiger partial charge on any atom is 0.291 e. The number of nitrogens with one attached hydrogen (secondary N) is 2. The first-order valence-electron chi connectivity index (χ1n) is 8.37. The lowest BCUT2D eigenvalue weighted by atomic mass is 10.1. The van der Waals surface area contributed by atoms with Crippen LogP contribution in [0.4, 0.5) is 5.69 Å². The third kappa shape index (κ3) is 4.27. The van der Waals surface area contributed by atoms with Gasteiger partial charge in [-0.2, -0.15) is 0 Å². The molecule has 2 N–H and O–H groups in total. The van der Waals surface area contributed by atoms with Crippen LogP contribution in [-0.2, 0) is 9.53 Å². The molecule has 0 saturated carbocycles. The molecule has 0 unspecified atom stereocenters. The molecule has 0 bridgehead atoms. The van der Waals surface area contributed by atoms with E-state index in [4.69, 9.17) is 14.2 Å². The van der Waals surface area contributed by atoms with Gasteiger partial charge in [-0.15, -0.1) is 0 Å². The molecule has 7 heteroatoms. The zero-order valence-electron chi connectivity index (χ0n) is 15.1. The highest BCUT2D eigenvalue weighted by Crippen LogP contribution is 2.33. The average molecular weight is 368 g/mol. The molecule has 0 aliphatic carbocycles. The Kier molecular flexibility index (Phi) is 5.73. The monoisotopic (exact) mass is 368 g/mol. The van der Waals surface area contributed by atoms with Gasteiger partial charge in [0.2, 0.25) is 0 Å². The topological polar surface area (TPSA) is 85.9 Å². The molecule has 2 aromatic rings. The van der Waals surface area contributed by atoms with Crippen molar-refractivity contribution in [1.29, 1.82) is 0 Å². The highest BCUT2D eigenvalue weighted by molar-refractivity contribution is 6.09. The summed E-state index contributed by atoms with van der Waals surface area (Å²) in [7, 11) is 3.13. The summed E-state index contributed by atoms with van der Waals surface area (Å²) in [6.45, 7) is 0.828. The first kappa shape index (κ1) is 18.5. The normalized spacial score (nSPS) is 14.1. The molecule has 27 heavy (non-hydrogen) atoms. The second kappa shape index (κ2) is 8.37. The van der Waals surface area contributed by atoms with Crippen LogP contribution in [0.5, 0.6) is 11.5 Å². The zero-order chi connectivity index (χ0) is 19.2. The molecular formula is C20H20N2O5. The molecule has 0 aromatic heterocycles. The minimum Gasteiger partial charge on any atom is -0.496 e. The van der Waals surface area contributed by atoms with Gasteiger partial charge in [0.15, 0.2) is 11.5 Å². The van der Waals surface area contributed by atoms with Crippen LogP contribution in [0.3, 0.4) is 0 Å². The molecule has 0 atom stereocenters. The summed E-state index contributed by atoms with van der Waals surface area (Å²) in [5.41, 5.74) is 1.59. The Labute approximate surface area is 156 Å². The predicted octanol–water partition coefficient (Wildman–Crippen LogP) is 2.44. The number of amides is 2. The molecule has 0 saturated heterocycles. The molecule has 0 spiro atoms. The van der Waals surface area contributed by atoms with Gasteiger partial charge in [-0.1, -0.05) is 18.2 Å². The SMILES string of the molecule is COCCNC(=O)c1ccc2c(c1)NC(=O)C(=Cc1ccccc1OC)O2. The van der Waals surface area contributed by atoms with E-state index in [9.17, 15) is 9.59 Å². The summed E-state index contributed by atoms with van der Waals surface area (Å²) in [5, 5.41) is 5.48. The number of fused-ring (bicyclic) bond motifs is 1. The van der Waals surface area contributed by atoms with E-state index in [-0.39, 0.29) is 11.7 Å². The standard InChI is InChI=1S/C20H20N2O5/c1-25-10-9-21-19(23)14-7-8-17-15(11-14)22-20(24)18(27-17)12-13-5-3-4-6-16(13)26-2/h3-8,11-12H,9-10H2,1-2H3,(H,21,23)(H,22,24). The van der Waals surface area contributed by atoms with Crippen LogP contribution in [0.2, 0.25) is 0 Å². The average Bonchev–Trinajstić information content (AvgIpc) is 2.68. The number of ether oxygens (including phenoxy) is 3. The van der Waals surface area contributed by atoms with Crippen LogP contribution in [0.1, 0.15) is 15.9 Å². The lowest BCUT2D eigenvalue weighted by molar-refractivity contribution is -0.115. The van der Waals surface area contributed by atoms with Gasteiger partial charge in [-0.3, -0.25) is 9.59 Å². The Morgan fingerprint density at radius 1 is 1.22 bits per heavy atom. The van der Waals surface area contributed by atoms with E-state index >= 15 is 0 Å². The molecule has 0 fully saturated rings. The van der Waals surface area contributed by atoms with E-state index < -0.39 is 5.91 Å². The zero-order valence-corrected chi connectivity index (χ0v) is 15.1. The predicted molar refractivity (Wildman–Crippen MR) is 101 cm³/mol. The minimum atomic E-state index is -0.398. The number of carbonyl (C=O) groups excluding carboxylic acids is 2. The Morgan fingerprint density at radius 3 is 2.81 bits per heavy atom. The van der Waals surface area contributed by atoms with Crippen molar-refractivity contribution in [3.8, 4) is 11.5 Å². The summed E-state index contributed by atoms with van der Waals surface area (Å²) < 4.78 is 15.9. The first-order chi connectivity index (χ1) is 13.1. The van der Waals surface area contributed by atoms with Crippen molar-refractivity contribution in [3.63, 3.8) is 0 Å². The Morgan fingerprint density at radius 2 is 2.04 bits per heavy atom. The number of para-hydroxylation sites is 1. The second-order valence-corrected chi connectivity index (χ2v) is 5.77. The van der Waals surface area contributed by atoms with Gasteiger partial charge in [0, 0.05) is 24.8 Å². The fraction of sp³-hybridized carbons (Fsp3) is 0.200. The third-order valence-corrected chi connectivity index (χ3v) is 3.95. The molecule has 2 aromatic carbocycles. The van der Waals surface area contributed by atoms with Crippen LogP contribution in [0.25, 0.3) is 6.08 Å². The first-order valence-corrected chi connectivity index (χ1v) is 8.37. The van der Waals surface area contributed by atoms with Gasteiger partial charge in [0.1, 0.15) is 5.75 Å². The van der Waals surface area contributed by atoms with E-state index in [1.165, 1.54) is 0 Å². The summed E-state index contributed by atoms with van der Waals surface area (Å²) >= 11 is 0. The van der Waals surface area contributed by atoms with Crippen LogP contribution in [0.15, 0.2) is 48.2 Å². The van der Waals surface area contributed by atoms with Gasteiger partial charge in [-0.05, 0) is 30.3 Å². The summed E-state index contributed by atoms with van der Waals surface area (Å²) in [6, 6.07) is 12.2. The van der Waals surface area contributed by atoms with Gasteiger partial charge in [0.25, 0.3) is 11.8 Å². The molecule has 0 radical (unpaired) electrons. The minimum absolute atomic E-state index is 0.143. The van der Waals surface area contributed by atoms with Crippen molar-refractivity contribution < 1.29 is 23.8 Å². The smallest absolute Gasteiger partial charge is 0.291 e. The van der Waals surface area contributed by atoms with Gasteiger partial charge >= 0.3 is 0 Å². The molecule has 140 valence electrons. The van der Waals surface area contributed by atoms with E-state index in [1.807, 2.05) is 18.2 Å². The van der Waals surface area contributed by atoms with E-state index in [0.717, 1.165) is 5.56 Å². The largest absolute Gasteiger partial charge is 0.496 e. The molecule has 2 amide bonds. The van der Waals surface area contributed by atoms with E-state index in [1.54, 1.807) is 44.6 Å². The highest BCUT2D eigenvalue weighted by atomic mass is 16.5. The van der Waals surface area contributed by atoms with Crippen molar-refractivity contribution in [3.05, 3.63) is 59.4 Å². The van der Waals surface area contributed by atoms with Gasteiger partial charge in [-0.25, -0.2) is 0 Å². The Balaban J connectivity index is 1.81. The van der Waals surface area contributed by atoms with E-state index in [2.05, 4.69) is 10.6 Å². The third-order valence-electron chi connectivity index (χ3n) is 3.95. The lowest BCUT2D eigenvalue weighted by Crippen LogP contribution is -2.28. The summed E-state index contributed by atoms with van der Waals surface area (Å²) in [6.07, 6.45) is 1.61. The number of rotatable bonds is 6. The number of carbonyl (C=O) groups is 2. The number of methoxy groups -OCH3 is 2. The maximum atomic E-state index is 12.4. The Bertz CT molecular complexity index is 892. The number of hydrogen-bond donors (Lipinski definition) is 2. The van der Waals surface area contributed by atoms with Crippen molar-refractivity contribution in [2.24, 2.45) is 0 Å². The molecule has 1 heterocycles. The van der Waals surface area contributed by atoms with Gasteiger partial charge in [0.05, 0.1) is 19.4 Å². The highest BCUT2D eigenvalue weighted by Gasteiger charge is 2.23. The van der Waals surface area contributed by atoms with Crippen LogP contribution >= 0.6 is 0 Å². The maximum absolute atomic E-state index is 12.4. The quantitative estimate of drug-likeness (QED) is 0.604. The summed E-state index contributed by atoms with van der Waals surface area (Å²) in [4.78, 5) is 24.5. The van der Waals surface area contributed by atoms with E-state index in [0.29, 0.717) is 35.9 Å². The van der Waals surface area contributed by atoms with Gasteiger partial charge < -0.3 is 24.8 Å². The molecular weight excluding hydrogens is 348 g/mol. The van der Waals surface area contributed by atoms with Crippen molar-refractivity contribution in [1.82, 2.24) is 5.32 Å². The van der Waals surface area contributed by atoms with Crippen LogP contribution < -0.4 is 20.1 Å². The van der Waals surface area contributed by atoms with Crippen molar-refractivity contribution in [2.45, 2.75) is 0 Å². The number of anilines is 1.